The predicted molar refractivity (Wildman–Crippen MR) is 108 cm³/mol. The molecule has 2 aliphatic heterocycles. The van der Waals surface area contributed by atoms with Gasteiger partial charge in [-0.25, -0.2) is 13.8 Å². The van der Waals surface area contributed by atoms with Crippen LogP contribution >= 0.6 is 23.1 Å². The number of β-lactam (4-membered cyclic amide) rings is 1. The molecular weight excluding hydrogens is 458 g/mol. The van der Waals surface area contributed by atoms with Gasteiger partial charge in [-0.1, -0.05) is 6.07 Å². The average molecular weight is 474 g/mol. The minimum atomic E-state index is -1.85. The van der Waals surface area contributed by atoms with Gasteiger partial charge in [0.1, 0.15) is 33.8 Å². The third-order valence-corrected chi connectivity index (χ3v) is 7.32. The molecule has 0 bridgehead atoms. The number of carboxylic acids is 1. The Morgan fingerprint density at radius 3 is 2.73 bits per heavy atom. The Kier molecular flexibility index (Phi) is 6.30. The largest absolute Gasteiger partial charge is 0.477 e. The van der Waals surface area contributed by atoms with E-state index in [0.29, 0.717) is 4.88 Å². The van der Waals surface area contributed by atoms with Gasteiger partial charge in [0.05, 0.1) is 4.88 Å². The van der Waals surface area contributed by atoms with Crippen molar-refractivity contribution in [2.75, 3.05) is 19.5 Å². The molecule has 0 saturated carbocycles. The summed E-state index contributed by atoms with van der Waals surface area (Å²) in [6, 6.07) is 3.26. The van der Waals surface area contributed by atoms with Gasteiger partial charge in [0, 0.05) is 18.4 Å². The lowest BCUT2D eigenvalue weighted by atomic mass is 9.98. The molecule has 3 rings (SSSR count). The van der Waals surface area contributed by atoms with Crippen molar-refractivity contribution in [1.29, 1.82) is 0 Å². The first-order chi connectivity index (χ1) is 14.3. The van der Waals surface area contributed by atoms with Crippen molar-refractivity contribution in [2.45, 2.75) is 11.1 Å². The van der Waals surface area contributed by atoms with Crippen LogP contribution in [0, 0.1) is 0 Å². The number of carbonyl (C=O) groups is 4. The highest BCUT2D eigenvalue weighted by Gasteiger charge is 2.66. The smallest absolute Gasteiger partial charge is 0.404 e. The highest BCUT2D eigenvalue weighted by atomic mass is 32.2. The Labute approximate surface area is 181 Å². The van der Waals surface area contributed by atoms with E-state index in [1.54, 1.807) is 17.5 Å². The van der Waals surface area contributed by atoms with E-state index in [2.05, 4.69) is 10.1 Å². The minimum Gasteiger partial charge on any atom is -0.477 e. The lowest BCUT2D eigenvalue weighted by molar-refractivity contribution is -0.191. The van der Waals surface area contributed by atoms with Gasteiger partial charge in [0.2, 0.25) is 0 Å². The van der Waals surface area contributed by atoms with Crippen LogP contribution in [0.25, 0.3) is 0 Å². The van der Waals surface area contributed by atoms with E-state index in [1.165, 1.54) is 18.4 Å². The number of aliphatic carboxylic acids is 1. The van der Waals surface area contributed by atoms with Crippen LogP contribution in [0.2, 0.25) is 0 Å². The second-order valence-corrected chi connectivity index (χ2v) is 8.58. The van der Waals surface area contributed by atoms with Crippen LogP contribution in [-0.4, -0.2) is 73.5 Å². The molecule has 1 aromatic heterocycles. The first-order valence-corrected chi connectivity index (χ1v) is 10.8. The summed E-state index contributed by atoms with van der Waals surface area (Å²) in [5.74, 6) is -2.96. The maximum absolute atomic E-state index is 12.9. The van der Waals surface area contributed by atoms with Crippen molar-refractivity contribution in [3.05, 3.63) is 33.7 Å². The van der Waals surface area contributed by atoms with Crippen LogP contribution in [0.4, 0.5) is 4.79 Å². The zero-order valence-corrected chi connectivity index (χ0v) is 17.7. The summed E-state index contributed by atoms with van der Waals surface area (Å²) in [5, 5.41) is 12.8. The summed E-state index contributed by atoms with van der Waals surface area (Å²) in [6.07, 6.45) is -1.08. The summed E-state index contributed by atoms with van der Waals surface area (Å²) in [5.41, 5.74) is 2.88. The van der Waals surface area contributed by atoms with Crippen LogP contribution < -0.4 is 11.1 Å². The van der Waals surface area contributed by atoms with Gasteiger partial charge < -0.3 is 25.6 Å². The number of ether oxygens (including phenoxy) is 2. The Morgan fingerprint density at radius 2 is 2.20 bits per heavy atom. The summed E-state index contributed by atoms with van der Waals surface area (Å²) in [4.78, 5) is 49.5. The van der Waals surface area contributed by atoms with Crippen LogP contribution in [0.5, 0.6) is 0 Å². The van der Waals surface area contributed by atoms with Gasteiger partial charge in [-0.2, -0.15) is 0 Å². The molecule has 2 aliphatic rings. The van der Waals surface area contributed by atoms with Gasteiger partial charge in [-0.15, -0.1) is 23.1 Å². The summed E-state index contributed by atoms with van der Waals surface area (Å²) in [6.45, 7) is -0.393. The predicted octanol–water partition coefficient (Wildman–Crippen LogP) is -0.710. The highest BCUT2D eigenvalue weighted by molar-refractivity contribution is 8.00. The number of amides is 3. The Balaban J connectivity index is 1.89. The van der Waals surface area contributed by atoms with E-state index in [0.717, 1.165) is 16.7 Å². The molecule has 0 spiro atoms. The van der Waals surface area contributed by atoms with Crippen molar-refractivity contribution in [2.24, 2.45) is 5.73 Å². The third kappa shape index (κ3) is 3.62. The Hall–Kier alpha value is -2.68. The van der Waals surface area contributed by atoms with Gasteiger partial charge in [0.25, 0.3) is 17.5 Å². The second-order valence-electron chi connectivity index (χ2n) is 5.99. The van der Waals surface area contributed by atoms with Crippen molar-refractivity contribution < 1.29 is 38.0 Å². The molecule has 11 nitrogen and oxygen atoms in total. The molecule has 3 amide bonds. The zero-order valence-electron chi connectivity index (χ0n) is 15.3. The molecule has 3 heterocycles. The number of thiophene rings is 1. The van der Waals surface area contributed by atoms with E-state index in [-0.39, 0.29) is 33.1 Å². The Morgan fingerprint density at radius 1 is 1.47 bits per heavy atom. The highest BCUT2D eigenvalue weighted by Crippen LogP contribution is 2.46. The normalized spacial score (nSPS) is 22.6. The van der Waals surface area contributed by atoms with E-state index in [9.17, 15) is 28.5 Å². The van der Waals surface area contributed by atoms with Crippen molar-refractivity contribution >= 4 is 63.1 Å². The molecule has 0 aromatic carbocycles. The number of hydrogen-bond acceptors (Lipinski definition) is 9. The zero-order chi connectivity index (χ0) is 22.1. The molecule has 0 unspecified atom stereocenters. The number of nitrogens with two attached hydrogens (primary N) is 1. The van der Waals surface area contributed by atoms with Crippen LogP contribution in [0.3, 0.4) is 0 Å². The van der Waals surface area contributed by atoms with Crippen molar-refractivity contribution in [1.82, 2.24) is 10.2 Å². The number of primary amides is 1. The van der Waals surface area contributed by atoms with Crippen LogP contribution in [0.1, 0.15) is 4.88 Å². The molecule has 0 aliphatic carbocycles. The number of carboxylic acid groups (broad SMARTS) is 1. The summed E-state index contributed by atoms with van der Waals surface area (Å²) < 4.78 is 21.4. The fraction of sp³-hybridized carbons (Fsp3) is 0.312. The number of carbonyl (C=O) groups excluding carboxylic acids is 3. The third-order valence-electron chi connectivity index (χ3n) is 4.36. The van der Waals surface area contributed by atoms with Gasteiger partial charge in [-0.3, -0.25) is 14.5 Å². The molecular formula is C16H15N3O8S3. The fourth-order valence-electron chi connectivity index (χ4n) is 3.04. The molecule has 0 radical (unpaired) electrons. The van der Waals surface area contributed by atoms with Crippen LogP contribution in [-0.2, 0) is 35.1 Å². The van der Waals surface area contributed by atoms with E-state index in [1.807, 2.05) is 0 Å². The Bertz CT molecular complexity index is 1000. The van der Waals surface area contributed by atoms with Crippen LogP contribution in [0.15, 0.2) is 28.8 Å². The molecule has 2 atom stereocenters. The number of fused-ring (bicyclic) bond motifs is 1. The molecule has 30 heavy (non-hydrogen) atoms. The number of nitrogens with zero attached hydrogens (tertiary/aromatic N) is 1. The summed E-state index contributed by atoms with van der Waals surface area (Å²) >= 11 is 2.27. The number of rotatable bonds is 7. The van der Waals surface area contributed by atoms with Crippen molar-refractivity contribution in [3.8, 4) is 0 Å². The lowest BCUT2D eigenvalue weighted by Gasteiger charge is -2.55. The molecule has 1 saturated heterocycles. The first kappa shape index (κ1) is 22.0. The number of nitrogens with one attached hydrogen (secondary N) is 1. The van der Waals surface area contributed by atoms with E-state index >= 15 is 0 Å². The average Bonchev–Trinajstić information content (AvgIpc) is 3.24. The van der Waals surface area contributed by atoms with Gasteiger partial charge in [-0.05, 0) is 11.4 Å². The first-order valence-electron chi connectivity index (χ1n) is 8.18. The SMILES string of the molecule is CO[C@@]1(NC(=O)C(=S=O)c2cccs2)C(=O)N2C(C(=O)O)=C(COC(N)=O)CS[C@@H]21. The fourth-order valence-corrected chi connectivity index (χ4v) is 5.64. The van der Waals surface area contributed by atoms with Gasteiger partial charge >= 0.3 is 12.1 Å². The second kappa shape index (κ2) is 8.59. The quantitative estimate of drug-likeness (QED) is 0.201. The molecule has 4 N–H and O–H groups in total. The maximum Gasteiger partial charge on any atom is 0.404 e. The van der Waals surface area contributed by atoms with Crippen molar-refractivity contribution in [3.63, 3.8) is 0 Å². The molecule has 160 valence electrons. The number of hydrogen-bond donors (Lipinski definition) is 3. The molecule has 1 aromatic rings. The van der Waals surface area contributed by atoms with E-state index < -0.39 is 41.6 Å². The molecule has 14 heteroatoms. The number of methoxy groups -OCH3 is 1. The molecule has 1 fully saturated rings. The monoisotopic (exact) mass is 473 g/mol. The van der Waals surface area contributed by atoms with Gasteiger partial charge in [0.15, 0.2) is 0 Å². The summed E-state index contributed by atoms with van der Waals surface area (Å²) in [7, 11) is 1.20. The lowest BCUT2D eigenvalue weighted by Crippen LogP contribution is -2.81. The number of thioether (sulfide) groups is 1. The maximum atomic E-state index is 12.9. The standard InChI is InChI=1S/C16H15N3O8S3/c1-26-16(18-11(20)10(30-25)8-3-2-4-28-8)13(23)19-9(12(21)22)7(5-27-15(17)24)6-29-14(16)19/h2-4,14H,5-6H2,1H3,(H2,17,24)(H,18,20)(H,21,22)/t14-,16+/m1/s1. The topological polar surface area (TPSA) is 165 Å². The van der Waals surface area contributed by atoms with E-state index in [4.69, 9.17) is 10.5 Å². The minimum absolute atomic E-state index is 0.0187.